The SMILES string of the molecule is C=C1C(F)=CN(CO)C(=O)N1CO. The van der Waals surface area contributed by atoms with Gasteiger partial charge in [0.1, 0.15) is 13.5 Å². The van der Waals surface area contributed by atoms with Gasteiger partial charge in [0.2, 0.25) is 0 Å². The molecule has 1 rings (SSSR count). The molecule has 2 amide bonds. The minimum atomic E-state index is -0.761. The molecule has 6 heteroatoms. The third-order valence-corrected chi connectivity index (χ3v) is 1.64. The molecule has 0 spiro atoms. The summed E-state index contributed by atoms with van der Waals surface area (Å²) in [6, 6.07) is -0.712. The lowest BCUT2D eigenvalue weighted by Crippen LogP contribution is -2.44. The van der Waals surface area contributed by atoms with E-state index in [0.29, 0.717) is 4.90 Å². The van der Waals surface area contributed by atoms with E-state index in [4.69, 9.17) is 10.2 Å². The van der Waals surface area contributed by atoms with Crippen LogP contribution >= 0.6 is 0 Å². The summed E-state index contributed by atoms with van der Waals surface area (Å²) in [5.41, 5.74) is -0.211. The summed E-state index contributed by atoms with van der Waals surface area (Å²) in [4.78, 5) is 12.6. The van der Waals surface area contributed by atoms with Gasteiger partial charge in [0.15, 0.2) is 5.83 Å². The summed E-state index contributed by atoms with van der Waals surface area (Å²) in [6.07, 6.45) is 0.830. The molecule has 0 saturated carbocycles. The number of carbonyl (C=O) groups excluding carboxylic acids is 1. The van der Waals surface area contributed by atoms with Gasteiger partial charge in [-0.05, 0) is 0 Å². The molecule has 0 unspecified atom stereocenters. The number of carbonyl (C=O) groups is 1. The zero-order valence-electron chi connectivity index (χ0n) is 6.77. The van der Waals surface area contributed by atoms with Gasteiger partial charge in [-0.15, -0.1) is 0 Å². The first kappa shape index (κ1) is 9.69. The van der Waals surface area contributed by atoms with Crippen molar-refractivity contribution in [3.63, 3.8) is 0 Å². The summed E-state index contributed by atoms with van der Waals surface area (Å²) >= 11 is 0. The van der Waals surface area contributed by atoms with Gasteiger partial charge in [0.25, 0.3) is 0 Å². The molecule has 0 aromatic carbocycles. The topological polar surface area (TPSA) is 64.0 Å². The van der Waals surface area contributed by atoms with Crippen LogP contribution in [0.15, 0.2) is 24.3 Å². The number of halogens is 1. The fourth-order valence-electron chi connectivity index (χ4n) is 0.913. The lowest BCUT2D eigenvalue weighted by atomic mass is 10.3. The van der Waals surface area contributed by atoms with Crippen molar-refractivity contribution in [1.29, 1.82) is 0 Å². The highest BCUT2D eigenvalue weighted by Crippen LogP contribution is 2.21. The molecule has 0 aromatic rings. The molecule has 13 heavy (non-hydrogen) atoms. The van der Waals surface area contributed by atoms with Gasteiger partial charge >= 0.3 is 6.03 Å². The number of allylic oxidation sites excluding steroid dienone is 1. The molecule has 0 aromatic heterocycles. The molecule has 1 heterocycles. The van der Waals surface area contributed by atoms with Crippen LogP contribution in [0.25, 0.3) is 0 Å². The Labute approximate surface area is 74.0 Å². The number of aliphatic hydroxyl groups excluding tert-OH is 2. The minimum absolute atomic E-state index is 0.211. The van der Waals surface area contributed by atoms with Crippen molar-refractivity contribution in [3.05, 3.63) is 24.3 Å². The maximum absolute atomic E-state index is 12.9. The highest BCUT2D eigenvalue weighted by molar-refractivity contribution is 5.79. The molecule has 0 fully saturated rings. The van der Waals surface area contributed by atoms with E-state index in [1.165, 1.54) is 0 Å². The summed E-state index contributed by atoms with van der Waals surface area (Å²) in [6.45, 7) is 1.95. The van der Waals surface area contributed by atoms with Crippen LogP contribution in [0, 0.1) is 0 Å². The van der Waals surface area contributed by atoms with E-state index in [1.54, 1.807) is 0 Å². The Bertz CT molecular complexity index is 277. The van der Waals surface area contributed by atoms with Crippen molar-refractivity contribution in [2.75, 3.05) is 13.5 Å². The first-order valence-electron chi connectivity index (χ1n) is 3.48. The largest absolute Gasteiger partial charge is 0.376 e. The Morgan fingerprint density at radius 2 is 2.08 bits per heavy atom. The fourth-order valence-corrected chi connectivity index (χ4v) is 0.913. The normalized spacial score (nSPS) is 17.9. The van der Waals surface area contributed by atoms with Gasteiger partial charge < -0.3 is 10.2 Å². The van der Waals surface area contributed by atoms with Crippen LogP contribution in [0.5, 0.6) is 0 Å². The van der Waals surface area contributed by atoms with Gasteiger partial charge in [-0.2, -0.15) is 0 Å². The number of nitrogens with zero attached hydrogens (tertiary/aromatic N) is 2. The van der Waals surface area contributed by atoms with E-state index < -0.39 is 25.3 Å². The number of rotatable bonds is 2. The van der Waals surface area contributed by atoms with Crippen molar-refractivity contribution < 1.29 is 19.4 Å². The van der Waals surface area contributed by atoms with Crippen molar-refractivity contribution in [3.8, 4) is 0 Å². The molecule has 0 saturated heterocycles. The predicted molar refractivity (Wildman–Crippen MR) is 41.6 cm³/mol. The molecular formula is C7H9FN2O3. The van der Waals surface area contributed by atoms with E-state index >= 15 is 0 Å². The van der Waals surface area contributed by atoms with Crippen LogP contribution in [-0.2, 0) is 0 Å². The Hall–Kier alpha value is -1.40. The Morgan fingerprint density at radius 3 is 2.54 bits per heavy atom. The van der Waals surface area contributed by atoms with Gasteiger partial charge in [0.05, 0.1) is 5.70 Å². The van der Waals surface area contributed by atoms with Crippen LogP contribution in [0.4, 0.5) is 9.18 Å². The van der Waals surface area contributed by atoms with Gasteiger partial charge in [-0.25, -0.2) is 9.18 Å². The number of urea groups is 1. The zero-order chi connectivity index (χ0) is 10.0. The maximum atomic E-state index is 12.9. The fraction of sp³-hybridized carbons (Fsp3) is 0.286. The summed E-state index contributed by atoms with van der Waals surface area (Å²) in [7, 11) is 0. The first-order chi connectivity index (χ1) is 6.11. The van der Waals surface area contributed by atoms with Gasteiger partial charge in [-0.3, -0.25) is 9.80 Å². The van der Waals surface area contributed by atoms with E-state index in [0.717, 1.165) is 11.1 Å². The Morgan fingerprint density at radius 1 is 1.46 bits per heavy atom. The van der Waals surface area contributed by atoms with E-state index in [1.807, 2.05) is 0 Å². The molecule has 0 atom stereocenters. The maximum Gasteiger partial charge on any atom is 0.332 e. The lowest BCUT2D eigenvalue weighted by Gasteiger charge is -2.30. The second kappa shape index (κ2) is 3.55. The lowest BCUT2D eigenvalue weighted by molar-refractivity contribution is 0.0911. The third-order valence-electron chi connectivity index (χ3n) is 1.64. The molecule has 2 N–H and O–H groups in total. The summed E-state index contributed by atoms with van der Waals surface area (Å²) in [5.74, 6) is -0.761. The number of aliphatic hydroxyl groups is 2. The number of hydrogen-bond donors (Lipinski definition) is 2. The van der Waals surface area contributed by atoms with Crippen molar-refractivity contribution in [2.45, 2.75) is 0 Å². The molecule has 0 bridgehead atoms. The van der Waals surface area contributed by atoms with Gasteiger partial charge in [-0.1, -0.05) is 6.58 Å². The number of amides is 2. The molecule has 1 aliphatic rings. The summed E-state index contributed by atoms with van der Waals surface area (Å²) < 4.78 is 12.9. The Balaban J connectivity index is 2.99. The van der Waals surface area contributed by atoms with Crippen LogP contribution < -0.4 is 0 Å². The standard InChI is InChI=1S/C7H9FN2O3/c1-5-6(8)2-9(3-11)7(13)10(5)4-12/h2,11-12H,1,3-4H2. The van der Waals surface area contributed by atoms with Crippen molar-refractivity contribution >= 4 is 6.03 Å². The molecule has 0 radical (unpaired) electrons. The second-order valence-corrected chi connectivity index (χ2v) is 2.39. The van der Waals surface area contributed by atoms with Crippen LogP contribution in [0.3, 0.4) is 0 Å². The van der Waals surface area contributed by atoms with Crippen LogP contribution in [0.2, 0.25) is 0 Å². The highest BCUT2D eigenvalue weighted by atomic mass is 19.1. The molecule has 72 valence electrons. The Kier molecular flexibility index (Phi) is 2.64. The quantitative estimate of drug-likeness (QED) is 0.638. The second-order valence-electron chi connectivity index (χ2n) is 2.39. The summed E-state index contributed by atoms with van der Waals surface area (Å²) in [5, 5.41) is 17.3. The highest BCUT2D eigenvalue weighted by Gasteiger charge is 2.28. The van der Waals surface area contributed by atoms with E-state index in [2.05, 4.69) is 6.58 Å². The third kappa shape index (κ3) is 1.53. The van der Waals surface area contributed by atoms with Crippen LogP contribution in [0.1, 0.15) is 0 Å². The van der Waals surface area contributed by atoms with E-state index in [9.17, 15) is 9.18 Å². The molecule has 1 aliphatic heterocycles. The van der Waals surface area contributed by atoms with Crippen LogP contribution in [-0.4, -0.2) is 39.5 Å². The first-order valence-corrected chi connectivity index (χ1v) is 3.48. The minimum Gasteiger partial charge on any atom is -0.376 e. The number of hydrogen-bond acceptors (Lipinski definition) is 3. The van der Waals surface area contributed by atoms with Crippen molar-refractivity contribution in [1.82, 2.24) is 9.80 Å². The monoisotopic (exact) mass is 188 g/mol. The predicted octanol–water partition coefficient (Wildman–Crippen LogP) is -0.0518. The molecule has 5 nitrogen and oxygen atoms in total. The smallest absolute Gasteiger partial charge is 0.332 e. The average molecular weight is 188 g/mol. The molecule has 0 aliphatic carbocycles. The van der Waals surface area contributed by atoms with Crippen molar-refractivity contribution in [2.24, 2.45) is 0 Å². The zero-order valence-corrected chi connectivity index (χ0v) is 6.77. The van der Waals surface area contributed by atoms with E-state index in [-0.39, 0.29) is 5.70 Å². The van der Waals surface area contributed by atoms with Gasteiger partial charge in [0, 0.05) is 6.20 Å². The average Bonchev–Trinajstić information content (AvgIpc) is 2.12. The molecular weight excluding hydrogens is 179 g/mol.